The molecule has 1 aliphatic rings. The fraction of sp³-hybridized carbons (Fsp3) is 0.333. The van der Waals surface area contributed by atoms with E-state index in [-0.39, 0.29) is 23.1 Å². The summed E-state index contributed by atoms with van der Waals surface area (Å²) in [6.45, 7) is 0.655. The third-order valence-electron chi connectivity index (χ3n) is 4.49. The highest BCUT2D eigenvalue weighted by molar-refractivity contribution is 5.90. The summed E-state index contributed by atoms with van der Waals surface area (Å²) in [6, 6.07) is 8.85. The van der Waals surface area contributed by atoms with Crippen LogP contribution in [0.1, 0.15) is 34.8 Å². The van der Waals surface area contributed by atoms with Gasteiger partial charge in [0.1, 0.15) is 5.75 Å². The Morgan fingerprint density at radius 1 is 1.31 bits per heavy atom. The molecular formula is C18H19N3O5. The van der Waals surface area contributed by atoms with Crippen molar-refractivity contribution in [1.82, 2.24) is 4.98 Å². The summed E-state index contributed by atoms with van der Waals surface area (Å²) in [6.07, 6.45) is 3.08. The number of benzene rings is 1. The van der Waals surface area contributed by atoms with Crippen LogP contribution in [0.2, 0.25) is 0 Å². The van der Waals surface area contributed by atoms with E-state index in [2.05, 4.69) is 9.72 Å². The van der Waals surface area contributed by atoms with Gasteiger partial charge in [-0.25, -0.2) is 9.78 Å². The minimum absolute atomic E-state index is 0.0175. The SMILES string of the molecule is COC(=O)c1cnc(N2CCCC2c2ccc(OC)cc2)c([N+](=O)[O-])c1. The first-order valence-corrected chi connectivity index (χ1v) is 8.18. The van der Waals surface area contributed by atoms with Crippen LogP contribution in [0.5, 0.6) is 5.75 Å². The van der Waals surface area contributed by atoms with Gasteiger partial charge in [0.15, 0.2) is 0 Å². The molecular weight excluding hydrogens is 338 g/mol. The maximum Gasteiger partial charge on any atom is 0.339 e. The highest BCUT2D eigenvalue weighted by Gasteiger charge is 2.32. The molecule has 1 fully saturated rings. The zero-order valence-electron chi connectivity index (χ0n) is 14.5. The van der Waals surface area contributed by atoms with E-state index in [0.717, 1.165) is 24.2 Å². The number of rotatable bonds is 5. The lowest BCUT2D eigenvalue weighted by Crippen LogP contribution is -2.24. The first-order valence-electron chi connectivity index (χ1n) is 8.18. The number of carbonyl (C=O) groups excluding carboxylic acids is 1. The van der Waals surface area contributed by atoms with Gasteiger partial charge in [-0.15, -0.1) is 0 Å². The van der Waals surface area contributed by atoms with E-state index in [4.69, 9.17) is 4.74 Å². The Hall–Kier alpha value is -3.16. The van der Waals surface area contributed by atoms with Crippen molar-refractivity contribution < 1.29 is 19.2 Å². The van der Waals surface area contributed by atoms with Crippen molar-refractivity contribution in [2.45, 2.75) is 18.9 Å². The molecule has 8 nitrogen and oxygen atoms in total. The zero-order chi connectivity index (χ0) is 18.7. The quantitative estimate of drug-likeness (QED) is 0.461. The van der Waals surface area contributed by atoms with E-state index in [1.165, 1.54) is 19.4 Å². The van der Waals surface area contributed by atoms with Crippen molar-refractivity contribution in [3.8, 4) is 5.75 Å². The van der Waals surface area contributed by atoms with E-state index in [1.807, 2.05) is 29.2 Å². The lowest BCUT2D eigenvalue weighted by molar-refractivity contribution is -0.384. The lowest BCUT2D eigenvalue weighted by Gasteiger charge is -2.26. The fourth-order valence-electron chi connectivity index (χ4n) is 3.22. The van der Waals surface area contributed by atoms with Crippen LogP contribution in [-0.2, 0) is 4.74 Å². The first kappa shape index (κ1) is 17.7. The standard InChI is InChI=1S/C18H19N3O5/c1-25-14-7-5-12(6-8-14)15-4-3-9-20(15)17-16(21(23)24)10-13(11-19-17)18(22)26-2/h5-8,10-11,15H,3-4,9H2,1-2H3. The molecule has 0 spiro atoms. The molecule has 1 aliphatic heterocycles. The third kappa shape index (κ3) is 3.30. The summed E-state index contributed by atoms with van der Waals surface area (Å²) < 4.78 is 9.80. The molecule has 0 N–H and O–H groups in total. The van der Waals surface area contributed by atoms with Gasteiger partial charge < -0.3 is 14.4 Å². The van der Waals surface area contributed by atoms with Crippen LogP contribution in [0.3, 0.4) is 0 Å². The van der Waals surface area contributed by atoms with Crippen LogP contribution in [0.15, 0.2) is 36.5 Å². The highest BCUT2D eigenvalue weighted by atomic mass is 16.6. The smallest absolute Gasteiger partial charge is 0.339 e. The molecule has 2 heterocycles. The number of esters is 1. The van der Waals surface area contributed by atoms with Gasteiger partial charge in [-0.3, -0.25) is 10.1 Å². The number of hydrogen-bond donors (Lipinski definition) is 0. The Morgan fingerprint density at radius 2 is 2.04 bits per heavy atom. The summed E-state index contributed by atoms with van der Waals surface area (Å²) in [5.41, 5.74) is 0.896. The molecule has 3 rings (SSSR count). The lowest BCUT2D eigenvalue weighted by atomic mass is 10.0. The predicted molar refractivity (Wildman–Crippen MR) is 94.5 cm³/mol. The Bertz CT molecular complexity index is 822. The van der Waals surface area contributed by atoms with E-state index in [0.29, 0.717) is 6.54 Å². The van der Waals surface area contributed by atoms with E-state index in [1.54, 1.807) is 7.11 Å². The van der Waals surface area contributed by atoms with Crippen LogP contribution in [0, 0.1) is 10.1 Å². The van der Waals surface area contributed by atoms with Crippen molar-refractivity contribution in [2.24, 2.45) is 0 Å². The van der Waals surface area contributed by atoms with Gasteiger partial charge in [0.2, 0.25) is 5.82 Å². The van der Waals surface area contributed by atoms with Gasteiger partial charge in [0.25, 0.3) is 0 Å². The highest BCUT2D eigenvalue weighted by Crippen LogP contribution is 2.39. The Kier molecular flexibility index (Phi) is 5.01. The molecule has 1 unspecified atom stereocenters. The third-order valence-corrected chi connectivity index (χ3v) is 4.49. The van der Waals surface area contributed by atoms with Gasteiger partial charge in [0, 0.05) is 18.8 Å². The maximum absolute atomic E-state index is 11.7. The number of pyridine rings is 1. The number of aromatic nitrogens is 1. The number of nitro groups is 1. The van der Waals surface area contributed by atoms with Crippen LogP contribution in [0.25, 0.3) is 0 Å². The molecule has 1 saturated heterocycles. The van der Waals surface area contributed by atoms with E-state index in [9.17, 15) is 14.9 Å². The normalized spacial score (nSPS) is 16.4. The molecule has 8 heteroatoms. The summed E-state index contributed by atoms with van der Waals surface area (Å²) in [5, 5.41) is 11.5. The van der Waals surface area contributed by atoms with Crippen molar-refractivity contribution >= 4 is 17.5 Å². The Labute approximate surface area is 150 Å². The Morgan fingerprint density at radius 3 is 2.65 bits per heavy atom. The summed E-state index contributed by atoms with van der Waals surface area (Å²) in [4.78, 5) is 28.8. The van der Waals surface area contributed by atoms with Crippen LogP contribution < -0.4 is 9.64 Å². The van der Waals surface area contributed by atoms with Gasteiger partial charge in [-0.2, -0.15) is 0 Å². The van der Waals surface area contributed by atoms with E-state index >= 15 is 0 Å². The molecule has 1 atom stereocenters. The summed E-state index contributed by atoms with van der Waals surface area (Å²) in [7, 11) is 2.83. The Balaban J connectivity index is 1.98. The van der Waals surface area contributed by atoms with Crippen LogP contribution in [-0.4, -0.2) is 36.6 Å². The molecule has 0 saturated carbocycles. The average Bonchev–Trinajstić information content (AvgIpc) is 3.16. The number of ether oxygens (including phenoxy) is 2. The molecule has 1 aromatic carbocycles. The zero-order valence-corrected chi connectivity index (χ0v) is 14.5. The van der Waals surface area contributed by atoms with Crippen molar-refractivity contribution in [3.63, 3.8) is 0 Å². The number of hydrogen-bond acceptors (Lipinski definition) is 7. The minimum Gasteiger partial charge on any atom is -0.497 e. The maximum atomic E-state index is 11.7. The number of methoxy groups -OCH3 is 2. The van der Waals surface area contributed by atoms with Gasteiger partial charge in [-0.05, 0) is 30.5 Å². The average molecular weight is 357 g/mol. The molecule has 0 radical (unpaired) electrons. The largest absolute Gasteiger partial charge is 0.497 e. The van der Waals surface area contributed by atoms with Gasteiger partial charge >= 0.3 is 11.7 Å². The second kappa shape index (κ2) is 7.38. The first-order chi connectivity index (χ1) is 12.5. The molecule has 0 bridgehead atoms. The van der Waals surface area contributed by atoms with Gasteiger partial charge in [-0.1, -0.05) is 12.1 Å². The fourth-order valence-corrected chi connectivity index (χ4v) is 3.22. The number of anilines is 1. The molecule has 1 aromatic heterocycles. The van der Waals surface area contributed by atoms with Crippen molar-refractivity contribution in [3.05, 3.63) is 57.8 Å². The number of carbonyl (C=O) groups is 1. The van der Waals surface area contributed by atoms with Crippen molar-refractivity contribution in [2.75, 3.05) is 25.7 Å². The summed E-state index contributed by atoms with van der Waals surface area (Å²) >= 11 is 0. The second-order valence-electron chi connectivity index (χ2n) is 5.94. The predicted octanol–water partition coefficient (Wildman–Crippen LogP) is 3.13. The van der Waals surface area contributed by atoms with Crippen LogP contribution in [0.4, 0.5) is 11.5 Å². The summed E-state index contributed by atoms with van der Waals surface area (Å²) in [5.74, 6) is 0.367. The molecule has 2 aromatic rings. The molecule has 0 amide bonds. The van der Waals surface area contributed by atoms with Crippen molar-refractivity contribution in [1.29, 1.82) is 0 Å². The minimum atomic E-state index is -0.653. The molecule has 26 heavy (non-hydrogen) atoms. The number of nitrogens with zero attached hydrogens (tertiary/aromatic N) is 3. The van der Waals surface area contributed by atoms with E-state index < -0.39 is 10.9 Å². The molecule has 136 valence electrons. The monoisotopic (exact) mass is 357 g/mol. The van der Waals surface area contributed by atoms with Crippen LogP contribution >= 0.6 is 0 Å². The molecule has 0 aliphatic carbocycles. The second-order valence-corrected chi connectivity index (χ2v) is 5.94. The topological polar surface area (TPSA) is 94.8 Å². The van der Waals surface area contributed by atoms with Gasteiger partial charge in [0.05, 0.1) is 30.7 Å².